The van der Waals surface area contributed by atoms with Crippen LogP contribution >= 0.6 is 0 Å². The molecule has 15 heavy (non-hydrogen) atoms. The van der Waals surface area contributed by atoms with E-state index < -0.39 is 0 Å². The van der Waals surface area contributed by atoms with Crippen LogP contribution < -0.4 is 29.6 Å². The maximum Gasteiger partial charge on any atom is 1.00 e. The Morgan fingerprint density at radius 1 is 0.867 bits per heavy atom. The smallest absolute Gasteiger partial charge is 1.00 e. The van der Waals surface area contributed by atoms with Gasteiger partial charge in [0.25, 0.3) is 0 Å². The van der Waals surface area contributed by atoms with Crippen LogP contribution in [0, 0.1) is 0 Å². The molecule has 0 radical (unpaired) electrons. The zero-order valence-corrected chi connectivity index (χ0v) is 12.3. The van der Waals surface area contributed by atoms with Crippen LogP contribution in [0.5, 0.6) is 0 Å². The molecule has 0 aliphatic heterocycles. The molecule has 0 amide bonds. The van der Waals surface area contributed by atoms with Crippen molar-refractivity contribution in [3.8, 4) is 0 Å². The Balaban J connectivity index is 0. The van der Waals surface area contributed by atoms with Crippen molar-refractivity contribution in [1.29, 1.82) is 0 Å². The van der Waals surface area contributed by atoms with Crippen molar-refractivity contribution in [3.05, 3.63) is 35.9 Å². The first-order valence-electron chi connectivity index (χ1n) is 5.97. The van der Waals surface area contributed by atoms with Crippen molar-refractivity contribution < 1.29 is 31.0 Å². The van der Waals surface area contributed by atoms with Gasteiger partial charge in [0.05, 0.1) is 0 Å². The predicted octanol–water partition coefficient (Wildman–Crippen LogP) is 1.71. The second-order valence-corrected chi connectivity index (χ2v) is 4.00. The molecule has 0 saturated carbocycles. The number of unbranched alkanes of at least 4 members (excludes halogenated alkanes) is 5. The molecule has 0 saturated heterocycles. The summed E-state index contributed by atoms with van der Waals surface area (Å²) in [5.41, 5.74) is 1.49. The number of rotatable bonds is 7. The Morgan fingerprint density at radius 2 is 1.47 bits per heavy atom. The molecule has 0 fully saturated rings. The van der Waals surface area contributed by atoms with Crippen LogP contribution in [0.15, 0.2) is 30.3 Å². The van der Waals surface area contributed by atoms with Gasteiger partial charge >= 0.3 is 29.6 Å². The van der Waals surface area contributed by atoms with E-state index >= 15 is 0 Å². The summed E-state index contributed by atoms with van der Waals surface area (Å²) in [6, 6.07) is 10.8. The van der Waals surface area contributed by atoms with E-state index in [4.69, 9.17) is 0 Å². The zero-order chi connectivity index (χ0) is 10.1. The van der Waals surface area contributed by atoms with Crippen molar-refractivity contribution in [3.63, 3.8) is 0 Å². The second kappa shape index (κ2) is 10.7. The summed E-state index contributed by atoms with van der Waals surface area (Å²) in [6.45, 7) is 2.27. The van der Waals surface area contributed by atoms with Crippen molar-refractivity contribution in [2.24, 2.45) is 0 Å². The van der Waals surface area contributed by atoms with Gasteiger partial charge in [0.15, 0.2) is 0 Å². The quantitative estimate of drug-likeness (QED) is 0.479. The fourth-order valence-electron chi connectivity index (χ4n) is 1.75. The largest absolute Gasteiger partial charge is 1.00 e. The fourth-order valence-corrected chi connectivity index (χ4v) is 1.75. The summed E-state index contributed by atoms with van der Waals surface area (Å²) in [5, 5.41) is 0. The van der Waals surface area contributed by atoms with E-state index in [9.17, 15) is 0 Å². The molecule has 0 aliphatic carbocycles. The van der Waals surface area contributed by atoms with Gasteiger partial charge in [0.1, 0.15) is 0 Å². The number of benzene rings is 1. The topological polar surface area (TPSA) is 0 Å². The van der Waals surface area contributed by atoms with E-state index in [1.165, 1.54) is 50.5 Å². The number of hydrogen-bond donors (Lipinski definition) is 0. The molecule has 1 aromatic carbocycles. The first kappa shape index (κ1) is 15.2. The number of hydrogen-bond acceptors (Lipinski definition) is 0. The van der Waals surface area contributed by atoms with Gasteiger partial charge in [-0.25, -0.2) is 0 Å². The minimum absolute atomic E-state index is 0. The normalized spacial score (nSPS) is 9.67. The van der Waals surface area contributed by atoms with Crippen molar-refractivity contribution >= 4 is 0 Å². The van der Waals surface area contributed by atoms with Crippen LogP contribution in [0.2, 0.25) is 0 Å². The van der Waals surface area contributed by atoms with Gasteiger partial charge in [0.2, 0.25) is 0 Å². The van der Waals surface area contributed by atoms with Gasteiger partial charge < -0.3 is 1.43 Å². The average Bonchev–Trinajstić information content (AvgIpc) is 2.25. The Labute approximate surface area is 118 Å². The maximum atomic E-state index is 2.27. The van der Waals surface area contributed by atoms with E-state index in [-0.39, 0.29) is 31.0 Å². The first-order chi connectivity index (χ1) is 6.93. The molecule has 0 atom stereocenters. The summed E-state index contributed by atoms with van der Waals surface area (Å²) in [5.74, 6) is 0. The Hall–Kier alpha value is 0.220. The Kier molecular flexibility index (Phi) is 10.9. The minimum atomic E-state index is 0. The monoisotopic (exact) mass is 214 g/mol. The summed E-state index contributed by atoms with van der Waals surface area (Å²) < 4.78 is 0. The molecule has 0 heterocycles. The molecule has 0 nitrogen and oxygen atoms in total. The molecule has 0 N–H and O–H groups in total. The van der Waals surface area contributed by atoms with Gasteiger partial charge in [-0.3, -0.25) is 0 Å². The molecule has 80 valence electrons. The van der Waals surface area contributed by atoms with Crippen LogP contribution in [0.1, 0.15) is 52.4 Å². The standard InChI is InChI=1S/C14H22.Na.H/c1-2-3-4-5-6-8-11-14-12-9-7-10-13-14;;/h7,9-10,12-13H,2-6,8,11H2,1H3;;/q;+1;-1. The van der Waals surface area contributed by atoms with Crippen LogP contribution in [-0.2, 0) is 6.42 Å². The van der Waals surface area contributed by atoms with Gasteiger partial charge in [-0.15, -0.1) is 0 Å². The van der Waals surface area contributed by atoms with E-state index in [2.05, 4.69) is 37.3 Å². The van der Waals surface area contributed by atoms with Gasteiger partial charge in [-0.2, -0.15) is 0 Å². The Morgan fingerprint density at radius 3 is 2.13 bits per heavy atom. The zero-order valence-electron chi connectivity index (χ0n) is 11.3. The van der Waals surface area contributed by atoms with Crippen molar-refractivity contribution in [2.75, 3.05) is 0 Å². The minimum Gasteiger partial charge on any atom is -1.00 e. The van der Waals surface area contributed by atoms with E-state index in [0.29, 0.717) is 0 Å². The van der Waals surface area contributed by atoms with Crippen LogP contribution in [0.3, 0.4) is 0 Å². The second-order valence-electron chi connectivity index (χ2n) is 4.00. The van der Waals surface area contributed by atoms with Crippen molar-refractivity contribution in [1.82, 2.24) is 0 Å². The van der Waals surface area contributed by atoms with E-state index in [1.54, 1.807) is 0 Å². The first-order valence-corrected chi connectivity index (χ1v) is 5.97. The fraction of sp³-hybridized carbons (Fsp3) is 0.571. The molecule has 1 aromatic rings. The van der Waals surface area contributed by atoms with Crippen LogP contribution in [0.25, 0.3) is 0 Å². The van der Waals surface area contributed by atoms with Crippen LogP contribution in [-0.4, -0.2) is 0 Å². The molecule has 0 aliphatic rings. The molecule has 0 unspecified atom stereocenters. The number of aryl methyl sites for hydroxylation is 1. The molecular weight excluding hydrogens is 191 g/mol. The molecular formula is C14H23Na. The molecule has 0 aromatic heterocycles. The van der Waals surface area contributed by atoms with E-state index in [0.717, 1.165) is 0 Å². The predicted molar refractivity (Wildman–Crippen MR) is 64.6 cm³/mol. The van der Waals surface area contributed by atoms with Gasteiger partial charge in [-0.05, 0) is 18.4 Å². The molecule has 0 spiro atoms. The van der Waals surface area contributed by atoms with Gasteiger partial charge in [0, 0.05) is 0 Å². The maximum absolute atomic E-state index is 2.27. The summed E-state index contributed by atoms with van der Waals surface area (Å²) in [4.78, 5) is 0. The molecule has 1 heteroatoms. The molecule has 1 rings (SSSR count). The third kappa shape index (κ3) is 8.07. The third-order valence-electron chi connectivity index (χ3n) is 2.66. The van der Waals surface area contributed by atoms with E-state index in [1.807, 2.05) is 0 Å². The summed E-state index contributed by atoms with van der Waals surface area (Å²) >= 11 is 0. The van der Waals surface area contributed by atoms with Gasteiger partial charge in [-0.1, -0.05) is 69.4 Å². The molecule has 0 bridgehead atoms. The Bertz CT molecular complexity index is 223. The van der Waals surface area contributed by atoms with Crippen molar-refractivity contribution in [2.45, 2.75) is 51.9 Å². The summed E-state index contributed by atoms with van der Waals surface area (Å²) in [7, 11) is 0. The van der Waals surface area contributed by atoms with Crippen LogP contribution in [0.4, 0.5) is 0 Å². The third-order valence-corrected chi connectivity index (χ3v) is 2.66. The SMILES string of the molecule is CCCCCCCCc1ccccc1.[H-].[Na+]. The average molecular weight is 214 g/mol. The summed E-state index contributed by atoms with van der Waals surface area (Å²) in [6.07, 6.45) is 9.60.